The molecule has 0 amide bonds. The third-order valence-electron chi connectivity index (χ3n) is 4.51. The van der Waals surface area contributed by atoms with Gasteiger partial charge in [-0.15, -0.1) is 0 Å². The molecule has 2 atom stereocenters. The topological polar surface area (TPSA) is 83.7 Å². The van der Waals surface area contributed by atoms with Crippen LogP contribution < -0.4 is 0 Å². The van der Waals surface area contributed by atoms with Crippen molar-refractivity contribution in [3.63, 3.8) is 0 Å². The molecule has 0 spiro atoms. The van der Waals surface area contributed by atoms with Gasteiger partial charge in [-0.1, -0.05) is 12.1 Å². The van der Waals surface area contributed by atoms with Gasteiger partial charge in [-0.3, -0.25) is 19.8 Å². The van der Waals surface area contributed by atoms with Crippen LogP contribution in [-0.4, -0.2) is 34.0 Å². The van der Waals surface area contributed by atoms with E-state index in [0.717, 1.165) is 24.9 Å². The van der Waals surface area contributed by atoms with Gasteiger partial charge in [-0.2, -0.15) is 0 Å². The molecule has 1 aromatic rings. The van der Waals surface area contributed by atoms with Gasteiger partial charge in [0.1, 0.15) is 0 Å². The summed E-state index contributed by atoms with van der Waals surface area (Å²) >= 11 is 0. The van der Waals surface area contributed by atoms with Crippen molar-refractivity contribution in [3.05, 3.63) is 39.9 Å². The Labute approximate surface area is 116 Å². The molecular formula is C14H16N2O4. The molecular weight excluding hydrogens is 260 g/mol. The smallest absolute Gasteiger partial charge is 0.311 e. The van der Waals surface area contributed by atoms with Crippen molar-refractivity contribution in [2.75, 3.05) is 13.1 Å². The normalized spacial score (nSPS) is 28.7. The summed E-state index contributed by atoms with van der Waals surface area (Å²) in [7, 11) is 0. The highest BCUT2D eigenvalue weighted by Crippen LogP contribution is 2.57. The fourth-order valence-electron chi connectivity index (χ4n) is 3.22. The summed E-state index contributed by atoms with van der Waals surface area (Å²) in [6.07, 6.45) is 1.72. The van der Waals surface area contributed by atoms with Gasteiger partial charge >= 0.3 is 5.97 Å². The zero-order valence-corrected chi connectivity index (χ0v) is 11.0. The van der Waals surface area contributed by atoms with E-state index >= 15 is 0 Å². The highest BCUT2D eigenvalue weighted by Gasteiger charge is 2.62. The number of rotatable bonds is 4. The van der Waals surface area contributed by atoms with Crippen LogP contribution >= 0.6 is 0 Å². The molecule has 2 unspecified atom stereocenters. The molecule has 106 valence electrons. The van der Waals surface area contributed by atoms with E-state index in [1.165, 1.54) is 12.1 Å². The lowest BCUT2D eigenvalue weighted by molar-refractivity contribution is -0.384. The maximum Gasteiger partial charge on any atom is 0.311 e. The molecule has 0 radical (unpaired) electrons. The van der Waals surface area contributed by atoms with Gasteiger partial charge in [0.05, 0.1) is 10.3 Å². The van der Waals surface area contributed by atoms with Crippen LogP contribution in [0.25, 0.3) is 0 Å². The van der Waals surface area contributed by atoms with Gasteiger partial charge in [0, 0.05) is 25.2 Å². The van der Waals surface area contributed by atoms with Crippen molar-refractivity contribution in [1.82, 2.24) is 4.90 Å². The number of benzene rings is 1. The van der Waals surface area contributed by atoms with Crippen molar-refractivity contribution in [2.24, 2.45) is 11.3 Å². The Morgan fingerprint density at radius 2 is 2.15 bits per heavy atom. The number of non-ortho nitro benzene ring substituents is 1. The monoisotopic (exact) mass is 276 g/mol. The number of carbonyl (C=O) groups is 1. The van der Waals surface area contributed by atoms with Crippen molar-refractivity contribution in [3.8, 4) is 0 Å². The molecule has 3 rings (SSSR count). The first-order valence-electron chi connectivity index (χ1n) is 6.70. The third-order valence-corrected chi connectivity index (χ3v) is 4.51. The fourth-order valence-corrected chi connectivity index (χ4v) is 3.22. The summed E-state index contributed by atoms with van der Waals surface area (Å²) in [6.45, 7) is 2.14. The minimum absolute atomic E-state index is 0.0802. The molecule has 1 heterocycles. The van der Waals surface area contributed by atoms with Crippen molar-refractivity contribution >= 4 is 11.7 Å². The number of aliphatic carboxylic acids is 1. The molecule has 0 aromatic heterocycles. The summed E-state index contributed by atoms with van der Waals surface area (Å²) in [6, 6.07) is 6.47. The van der Waals surface area contributed by atoms with Gasteiger partial charge < -0.3 is 5.11 Å². The zero-order chi connectivity index (χ0) is 14.3. The SMILES string of the molecule is O=C(O)C12CC1CCN(Cc1ccc([N+](=O)[O-])cc1)C2. The lowest BCUT2D eigenvalue weighted by Gasteiger charge is -2.30. The van der Waals surface area contributed by atoms with Crippen molar-refractivity contribution in [1.29, 1.82) is 0 Å². The first-order chi connectivity index (χ1) is 9.51. The summed E-state index contributed by atoms with van der Waals surface area (Å²) < 4.78 is 0. The quantitative estimate of drug-likeness (QED) is 0.670. The number of likely N-dealkylation sites (tertiary alicyclic amines) is 1. The molecule has 2 fully saturated rings. The average Bonchev–Trinajstić information content (AvgIpc) is 3.14. The number of hydrogen-bond donors (Lipinski definition) is 1. The van der Waals surface area contributed by atoms with Crippen LogP contribution in [0.1, 0.15) is 18.4 Å². The number of nitro benzene ring substituents is 1. The minimum Gasteiger partial charge on any atom is -0.481 e. The van der Waals surface area contributed by atoms with E-state index in [4.69, 9.17) is 0 Å². The Morgan fingerprint density at radius 1 is 1.45 bits per heavy atom. The van der Waals surface area contributed by atoms with Gasteiger partial charge in [0.25, 0.3) is 5.69 Å². The third kappa shape index (κ3) is 2.16. The van der Waals surface area contributed by atoms with Crippen molar-refractivity contribution < 1.29 is 14.8 Å². The number of carboxylic acids is 1. The summed E-state index contributed by atoms with van der Waals surface area (Å²) in [4.78, 5) is 23.7. The van der Waals surface area contributed by atoms with Gasteiger partial charge in [0.2, 0.25) is 0 Å². The molecule has 1 saturated carbocycles. The Morgan fingerprint density at radius 3 is 2.75 bits per heavy atom. The fraction of sp³-hybridized carbons (Fsp3) is 0.500. The molecule has 20 heavy (non-hydrogen) atoms. The number of carboxylic acid groups (broad SMARTS) is 1. The maximum atomic E-state index is 11.3. The molecule has 2 aliphatic rings. The minimum atomic E-state index is -0.684. The second-order valence-corrected chi connectivity index (χ2v) is 5.79. The number of nitrogens with zero attached hydrogens (tertiary/aromatic N) is 2. The van der Waals surface area contributed by atoms with E-state index in [0.29, 0.717) is 19.0 Å². The van der Waals surface area contributed by atoms with E-state index < -0.39 is 16.3 Å². The maximum absolute atomic E-state index is 11.3. The number of hydrogen-bond acceptors (Lipinski definition) is 4. The summed E-state index contributed by atoms with van der Waals surface area (Å²) in [5.41, 5.74) is 0.533. The highest BCUT2D eigenvalue weighted by atomic mass is 16.6. The molecule has 1 saturated heterocycles. The number of nitro groups is 1. The number of piperidine rings is 1. The molecule has 6 nitrogen and oxygen atoms in total. The van der Waals surface area contributed by atoms with E-state index in [1.807, 2.05) is 0 Å². The molecule has 0 bridgehead atoms. The molecule has 6 heteroatoms. The summed E-state index contributed by atoms with van der Waals surface area (Å²) in [5.74, 6) is -0.344. The van der Waals surface area contributed by atoms with Crippen LogP contribution in [0.15, 0.2) is 24.3 Å². The predicted octanol–water partition coefficient (Wildman–Crippen LogP) is 1.89. The van der Waals surface area contributed by atoms with Crippen LogP contribution in [0.2, 0.25) is 0 Å². The summed E-state index contributed by atoms with van der Waals surface area (Å²) in [5, 5.41) is 19.9. The number of fused-ring (bicyclic) bond motifs is 1. The average molecular weight is 276 g/mol. The lowest BCUT2D eigenvalue weighted by atomic mass is 9.97. The van der Waals surface area contributed by atoms with Gasteiger partial charge in [0.15, 0.2) is 0 Å². The van der Waals surface area contributed by atoms with Crippen LogP contribution in [0, 0.1) is 21.4 Å². The van der Waals surface area contributed by atoms with Crippen molar-refractivity contribution in [2.45, 2.75) is 19.4 Å². The molecule has 1 aliphatic heterocycles. The Kier molecular flexibility index (Phi) is 2.97. The molecule has 1 N–H and O–H groups in total. The molecule has 1 aromatic carbocycles. The predicted molar refractivity (Wildman–Crippen MR) is 71.2 cm³/mol. The van der Waals surface area contributed by atoms with E-state index in [-0.39, 0.29) is 5.69 Å². The second-order valence-electron chi connectivity index (χ2n) is 5.79. The molecule has 1 aliphatic carbocycles. The van der Waals surface area contributed by atoms with Gasteiger partial charge in [-0.25, -0.2) is 0 Å². The Hall–Kier alpha value is -1.95. The van der Waals surface area contributed by atoms with E-state index in [9.17, 15) is 20.0 Å². The highest BCUT2D eigenvalue weighted by molar-refractivity contribution is 5.79. The second kappa shape index (κ2) is 4.56. The first kappa shape index (κ1) is 13.1. The van der Waals surface area contributed by atoms with E-state index in [1.54, 1.807) is 12.1 Å². The van der Waals surface area contributed by atoms with Crippen LogP contribution in [0.3, 0.4) is 0 Å². The zero-order valence-electron chi connectivity index (χ0n) is 11.0. The lowest BCUT2D eigenvalue weighted by Crippen LogP contribution is -2.40. The largest absolute Gasteiger partial charge is 0.481 e. The Balaban J connectivity index is 1.66. The van der Waals surface area contributed by atoms with Crippen LogP contribution in [0.4, 0.5) is 5.69 Å². The van der Waals surface area contributed by atoms with Crippen LogP contribution in [0.5, 0.6) is 0 Å². The van der Waals surface area contributed by atoms with E-state index in [2.05, 4.69) is 4.90 Å². The van der Waals surface area contributed by atoms with Crippen LogP contribution in [-0.2, 0) is 11.3 Å². The standard InChI is InChI=1S/C14H16N2O4/c17-13(18)14-7-11(14)5-6-15(9-14)8-10-1-3-12(4-2-10)16(19)20/h1-4,11H,5-9H2,(H,17,18). The first-order valence-corrected chi connectivity index (χ1v) is 6.70. The Bertz CT molecular complexity index is 557. The van der Waals surface area contributed by atoms with Gasteiger partial charge in [-0.05, 0) is 30.9 Å².